The van der Waals surface area contributed by atoms with Gasteiger partial charge in [0, 0.05) is 59.3 Å². The fraction of sp³-hybridized carbons (Fsp3) is 0.306. The van der Waals surface area contributed by atoms with Gasteiger partial charge < -0.3 is 24.7 Å². The Labute approximate surface area is 370 Å². The van der Waals surface area contributed by atoms with E-state index in [-0.39, 0.29) is 17.7 Å². The highest BCUT2D eigenvalue weighted by Crippen LogP contribution is 2.42. The monoisotopic (exact) mass is 865 g/mol. The van der Waals surface area contributed by atoms with Crippen LogP contribution in [0.25, 0.3) is 49.2 Å². The fourth-order valence-corrected chi connectivity index (χ4v) is 10.5. The van der Waals surface area contributed by atoms with Gasteiger partial charge in [0.05, 0.1) is 21.8 Å². The highest BCUT2D eigenvalue weighted by Gasteiger charge is 2.29. The van der Waals surface area contributed by atoms with Gasteiger partial charge in [-0.3, -0.25) is 9.59 Å². The van der Waals surface area contributed by atoms with Crippen molar-refractivity contribution >= 4 is 57.0 Å². The maximum Gasteiger partial charge on any atom is 0.243 e. The lowest BCUT2D eigenvalue weighted by molar-refractivity contribution is -0.131. The molecule has 1 atom stereocenters. The largest absolute Gasteiger partial charge is 0.507 e. The fourth-order valence-electron chi connectivity index (χ4n) is 8.44. The number of thiazole rings is 1. The average molecular weight is 866 g/mol. The molecular formula is C49H51N7O4S2. The number of hydrogen-bond acceptors (Lipinski definition) is 11. The van der Waals surface area contributed by atoms with Crippen LogP contribution in [0.2, 0.25) is 0 Å². The summed E-state index contributed by atoms with van der Waals surface area (Å²) in [6.45, 7) is 13.7. The summed E-state index contributed by atoms with van der Waals surface area (Å²) in [5, 5.41) is 27.6. The molecule has 0 aliphatic carbocycles. The molecule has 318 valence electrons. The van der Waals surface area contributed by atoms with Crippen molar-refractivity contribution in [3.05, 3.63) is 123 Å². The minimum absolute atomic E-state index is 0.0722. The van der Waals surface area contributed by atoms with E-state index in [0.717, 1.165) is 89.2 Å². The predicted molar refractivity (Wildman–Crippen MR) is 249 cm³/mol. The van der Waals surface area contributed by atoms with Crippen LogP contribution in [-0.2, 0) is 16.1 Å². The Hall–Kier alpha value is -6.18. The van der Waals surface area contributed by atoms with E-state index in [9.17, 15) is 14.7 Å². The van der Waals surface area contributed by atoms with Crippen molar-refractivity contribution in [1.29, 1.82) is 0 Å². The van der Waals surface area contributed by atoms with Crippen LogP contribution in [0, 0.1) is 20.8 Å². The number of nitrogens with one attached hydrogen (secondary N) is 1. The van der Waals surface area contributed by atoms with E-state index in [1.54, 1.807) is 33.6 Å². The number of likely N-dealkylation sites (tertiary alicyclic amines) is 1. The number of para-hydroxylation sites is 1. The number of carbonyl (C=O) groups is 2. The second-order valence-corrected chi connectivity index (χ2v) is 18.2. The Kier molecular flexibility index (Phi) is 12.9. The summed E-state index contributed by atoms with van der Waals surface area (Å²) in [7, 11) is 0. The third-order valence-electron chi connectivity index (χ3n) is 11.7. The molecule has 2 saturated heterocycles. The van der Waals surface area contributed by atoms with Gasteiger partial charge in [0.25, 0.3) is 0 Å². The van der Waals surface area contributed by atoms with Gasteiger partial charge in [-0.2, -0.15) is 0 Å². The third-order valence-corrected chi connectivity index (χ3v) is 14.1. The number of allylic oxidation sites excluding steroid dienone is 1. The van der Waals surface area contributed by atoms with Crippen LogP contribution < -0.4 is 10.2 Å². The van der Waals surface area contributed by atoms with Crippen molar-refractivity contribution in [3.63, 3.8) is 0 Å². The number of phenolic OH excluding ortho intramolecular Hbond substituents is 1. The number of fused-ring (bicyclic) bond motifs is 1. The maximum atomic E-state index is 12.2. The van der Waals surface area contributed by atoms with Gasteiger partial charge in [-0.05, 0) is 125 Å². The molecular weight excluding hydrogens is 815 g/mol. The first kappa shape index (κ1) is 42.5. The van der Waals surface area contributed by atoms with Gasteiger partial charge in [-0.15, -0.1) is 32.9 Å². The molecule has 11 nitrogen and oxygen atoms in total. The standard InChI is InChI=1S/C32H32N4O2S.C17H19N3O2S/c1-19(2)15-24-17-27(35-38-24)23-9-10-29(20(3)16-23)36-13-11-22(12-14-36)31-21(4)26-18-28(33-34-32(26)39-31)25-7-5-6-8-30(25)37;1-12-16(23-10-19-12)14-6-4-13(5-7-14)9-18-17(22)15-3-2-8-20(15)11-21/h5-10,15-18,22,37H,11-14H2,1-4H3;4-7,10-11,15H,2-3,8-9H2,1H3,(H,18,22). The number of benzene rings is 3. The van der Waals surface area contributed by atoms with Crippen LogP contribution in [-0.4, -0.2) is 68.3 Å². The highest BCUT2D eigenvalue weighted by molar-refractivity contribution is 7.19. The molecule has 7 aromatic rings. The molecule has 2 aliphatic heterocycles. The van der Waals surface area contributed by atoms with Gasteiger partial charge >= 0.3 is 0 Å². The summed E-state index contributed by atoms with van der Waals surface area (Å²) >= 11 is 3.40. The summed E-state index contributed by atoms with van der Waals surface area (Å²) in [4.78, 5) is 35.0. The van der Waals surface area contributed by atoms with Crippen molar-refractivity contribution in [2.45, 2.75) is 78.8 Å². The Morgan fingerprint density at radius 3 is 2.40 bits per heavy atom. The number of thiophene rings is 1. The Morgan fingerprint density at radius 2 is 1.69 bits per heavy atom. The number of phenols is 1. The molecule has 2 aliphatic rings. The van der Waals surface area contributed by atoms with Gasteiger partial charge in [0.1, 0.15) is 22.3 Å². The lowest BCUT2D eigenvalue weighted by Crippen LogP contribution is -2.42. The summed E-state index contributed by atoms with van der Waals surface area (Å²) in [6, 6.07) is 25.8. The lowest BCUT2D eigenvalue weighted by Gasteiger charge is -2.34. The molecule has 0 spiro atoms. The lowest BCUT2D eigenvalue weighted by atomic mass is 9.92. The second kappa shape index (κ2) is 18.8. The molecule has 9 rings (SSSR count). The molecule has 1 unspecified atom stereocenters. The van der Waals surface area contributed by atoms with Crippen LogP contribution in [0.4, 0.5) is 5.69 Å². The first-order chi connectivity index (χ1) is 30.1. The molecule has 0 radical (unpaired) electrons. The molecule has 62 heavy (non-hydrogen) atoms. The molecule has 4 aromatic heterocycles. The second-order valence-electron chi connectivity index (χ2n) is 16.3. The minimum Gasteiger partial charge on any atom is -0.507 e. The number of amides is 2. The number of aromatic nitrogens is 4. The molecule has 6 heterocycles. The van der Waals surface area contributed by atoms with E-state index in [0.29, 0.717) is 30.3 Å². The summed E-state index contributed by atoms with van der Waals surface area (Å²) < 4.78 is 5.48. The molecule has 0 bridgehead atoms. The number of nitrogens with zero attached hydrogens (tertiary/aromatic N) is 6. The van der Waals surface area contributed by atoms with Crippen molar-refractivity contribution in [2.75, 3.05) is 24.5 Å². The van der Waals surface area contributed by atoms with E-state index >= 15 is 0 Å². The molecule has 2 amide bonds. The van der Waals surface area contributed by atoms with Gasteiger partial charge in [0.15, 0.2) is 5.76 Å². The third kappa shape index (κ3) is 9.34. The molecule has 13 heteroatoms. The summed E-state index contributed by atoms with van der Waals surface area (Å²) in [6.07, 6.45) is 6.60. The predicted octanol–water partition coefficient (Wildman–Crippen LogP) is 10.5. The topological polar surface area (TPSA) is 138 Å². The first-order valence-corrected chi connectivity index (χ1v) is 22.8. The van der Waals surface area contributed by atoms with Crippen LogP contribution in [0.3, 0.4) is 0 Å². The first-order valence-electron chi connectivity index (χ1n) is 21.1. The van der Waals surface area contributed by atoms with Crippen molar-refractivity contribution in [2.24, 2.45) is 0 Å². The van der Waals surface area contributed by atoms with E-state index in [2.05, 4.69) is 94.6 Å². The van der Waals surface area contributed by atoms with Crippen molar-refractivity contribution in [1.82, 2.24) is 30.6 Å². The average Bonchev–Trinajstić information content (AvgIpc) is 4.11. The van der Waals surface area contributed by atoms with Crippen LogP contribution in [0.5, 0.6) is 5.75 Å². The number of carbonyl (C=O) groups excluding carboxylic acids is 2. The molecule has 2 N–H and O–H groups in total. The van der Waals surface area contributed by atoms with Crippen LogP contribution in [0.15, 0.2) is 94.5 Å². The van der Waals surface area contributed by atoms with E-state index in [1.165, 1.54) is 32.1 Å². The van der Waals surface area contributed by atoms with Gasteiger partial charge in [0.2, 0.25) is 12.3 Å². The number of hydrogen-bond donors (Lipinski definition) is 2. The Balaban J connectivity index is 0.000000196. The number of aryl methyl sites for hydroxylation is 3. The smallest absolute Gasteiger partial charge is 0.243 e. The van der Waals surface area contributed by atoms with E-state index in [4.69, 9.17) is 4.52 Å². The van der Waals surface area contributed by atoms with Gasteiger partial charge in [-0.25, -0.2) is 4.98 Å². The van der Waals surface area contributed by atoms with Crippen molar-refractivity contribution in [3.8, 4) is 38.7 Å². The zero-order valence-corrected chi connectivity index (χ0v) is 37.4. The summed E-state index contributed by atoms with van der Waals surface area (Å²) in [5.41, 5.74) is 13.4. The Morgan fingerprint density at radius 1 is 0.919 bits per heavy atom. The number of rotatable bonds is 10. The van der Waals surface area contributed by atoms with Crippen molar-refractivity contribution < 1.29 is 19.2 Å². The quantitative estimate of drug-likeness (QED) is 0.129. The zero-order valence-electron chi connectivity index (χ0n) is 35.7. The molecule has 2 fully saturated rings. The number of aromatic hydroxyl groups is 1. The molecule has 0 saturated carbocycles. The van der Waals surface area contributed by atoms with Gasteiger partial charge in [-0.1, -0.05) is 53.2 Å². The number of piperidine rings is 1. The van der Waals surface area contributed by atoms with E-state index in [1.807, 2.05) is 54.9 Å². The number of anilines is 1. The summed E-state index contributed by atoms with van der Waals surface area (Å²) in [5.74, 6) is 1.45. The Bertz CT molecular complexity index is 2720. The maximum absolute atomic E-state index is 12.2. The minimum atomic E-state index is -0.313. The van der Waals surface area contributed by atoms with Crippen LogP contribution in [0.1, 0.15) is 78.5 Å². The normalized spacial score (nSPS) is 15.3. The molecule has 3 aromatic carbocycles. The highest BCUT2D eigenvalue weighted by atomic mass is 32.1. The SMILES string of the molecule is CC(C)=Cc1cc(-c2ccc(N3CCC(c4sc5nnc(-c6ccccc6O)cc5c4C)CC3)c(C)c2)no1.Cc1ncsc1-c1ccc(CNC(=O)C2CCCN2C=O)cc1. The van der Waals surface area contributed by atoms with Crippen LogP contribution >= 0.6 is 22.7 Å². The van der Waals surface area contributed by atoms with E-state index < -0.39 is 0 Å². The zero-order chi connectivity index (χ0) is 43.3.